The topological polar surface area (TPSA) is 75.7 Å². The molecular weight excluding hydrogens is 449 g/mol. The Morgan fingerprint density at radius 3 is 2.63 bits per heavy atom. The first-order chi connectivity index (χ1) is 17.0. The summed E-state index contributed by atoms with van der Waals surface area (Å²) in [6, 6.07) is 8.73. The molecule has 0 spiro atoms. The highest BCUT2D eigenvalue weighted by Crippen LogP contribution is 2.37. The number of H-pyrrole nitrogens is 1. The molecule has 184 valence electrons. The monoisotopic (exact) mass is 479 g/mol. The Hall–Kier alpha value is -3.43. The van der Waals surface area contributed by atoms with Crippen LogP contribution >= 0.6 is 0 Å². The Balaban J connectivity index is 1.32. The molecule has 0 aliphatic carbocycles. The van der Waals surface area contributed by atoms with Crippen molar-refractivity contribution in [1.82, 2.24) is 24.8 Å². The van der Waals surface area contributed by atoms with E-state index in [-0.39, 0.29) is 11.6 Å². The number of aromatic amines is 1. The number of methoxy groups -OCH3 is 1. The summed E-state index contributed by atoms with van der Waals surface area (Å²) in [5, 5.41) is 1.09. The first-order valence-electron chi connectivity index (χ1n) is 11.8. The third-order valence-electron chi connectivity index (χ3n) is 6.40. The van der Waals surface area contributed by atoms with Crippen LogP contribution in [-0.4, -0.2) is 78.2 Å². The van der Waals surface area contributed by atoms with Crippen LogP contribution in [0.5, 0.6) is 23.1 Å². The molecule has 1 saturated heterocycles. The number of fused-ring (bicyclic) bond motifs is 2. The molecule has 1 N–H and O–H groups in total. The van der Waals surface area contributed by atoms with Gasteiger partial charge in [0.1, 0.15) is 6.33 Å². The molecule has 0 saturated carbocycles. The fourth-order valence-electron chi connectivity index (χ4n) is 4.41. The zero-order valence-corrected chi connectivity index (χ0v) is 20.3. The van der Waals surface area contributed by atoms with Crippen LogP contribution < -0.4 is 14.2 Å². The highest BCUT2D eigenvalue weighted by atomic mass is 19.1. The predicted octanol–water partition coefficient (Wildman–Crippen LogP) is 4.38. The van der Waals surface area contributed by atoms with Crippen LogP contribution in [0.2, 0.25) is 0 Å². The first-order valence-corrected chi connectivity index (χ1v) is 11.8. The summed E-state index contributed by atoms with van der Waals surface area (Å²) in [4.78, 5) is 16.6. The number of aromatic nitrogens is 3. The molecule has 3 heterocycles. The molecule has 0 atom stereocenters. The number of nitrogens with one attached hydrogen (secondary N) is 1. The molecule has 2 aromatic heterocycles. The van der Waals surface area contributed by atoms with Gasteiger partial charge in [-0.05, 0) is 44.7 Å². The number of halogens is 1. The average molecular weight is 480 g/mol. The van der Waals surface area contributed by atoms with Crippen molar-refractivity contribution in [1.29, 1.82) is 0 Å². The second-order valence-corrected chi connectivity index (χ2v) is 8.94. The fourth-order valence-corrected chi connectivity index (χ4v) is 4.41. The second-order valence-electron chi connectivity index (χ2n) is 8.94. The second kappa shape index (κ2) is 10.1. The van der Waals surface area contributed by atoms with Gasteiger partial charge in [-0.15, -0.1) is 0 Å². The van der Waals surface area contributed by atoms with Crippen LogP contribution in [0, 0.1) is 12.7 Å². The fraction of sp³-hybridized carbons (Fsp3) is 0.385. The maximum atomic E-state index is 15.1. The third-order valence-corrected chi connectivity index (χ3v) is 6.40. The van der Waals surface area contributed by atoms with Crippen molar-refractivity contribution < 1.29 is 18.6 Å². The Kier molecular flexibility index (Phi) is 6.70. The maximum Gasteiger partial charge on any atom is 0.230 e. The molecule has 2 aromatic carbocycles. The summed E-state index contributed by atoms with van der Waals surface area (Å²) < 4.78 is 32.6. The smallest absolute Gasteiger partial charge is 0.230 e. The summed E-state index contributed by atoms with van der Waals surface area (Å²) in [5.41, 5.74) is 2.23. The highest BCUT2D eigenvalue weighted by molar-refractivity contribution is 5.87. The number of aryl methyl sites for hydroxylation is 1. The van der Waals surface area contributed by atoms with E-state index in [9.17, 15) is 0 Å². The summed E-state index contributed by atoms with van der Waals surface area (Å²) >= 11 is 0. The van der Waals surface area contributed by atoms with Gasteiger partial charge >= 0.3 is 0 Å². The van der Waals surface area contributed by atoms with Gasteiger partial charge in [-0.3, -0.25) is 0 Å². The van der Waals surface area contributed by atoms with E-state index < -0.39 is 5.82 Å². The lowest BCUT2D eigenvalue weighted by Gasteiger charge is -2.32. The molecule has 5 rings (SSSR count). The average Bonchev–Trinajstić information content (AvgIpc) is 3.25. The van der Waals surface area contributed by atoms with Crippen molar-refractivity contribution in [3.63, 3.8) is 0 Å². The minimum atomic E-state index is -0.439. The molecule has 1 fully saturated rings. The molecule has 4 aromatic rings. The minimum Gasteiger partial charge on any atom is -0.493 e. The van der Waals surface area contributed by atoms with Crippen LogP contribution in [0.4, 0.5) is 4.39 Å². The molecular formula is C26H30FN5O3. The van der Waals surface area contributed by atoms with E-state index in [0.29, 0.717) is 34.4 Å². The Morgan fingerprint density at radius 1 is 1.00 bits per heavy atom. The van der Waals surface area contributed by atoms with Gasteiger partial charge in [0.05, 0.1) is 24.6 Å². The van der Waals surface area contributed by atoms with Gasteiger partial charge in [-0.1, -0.05) is 0 Å². The van der Waals surface area contributed by atoms with Crippen LogP contribution in [-0.2, 0) is 0 Å². The van der Waals surface area contributed by atoms with Crippen molar-refractivity contribution >= 4 is 21.8 Å². The van der Waals surface area contributed by atoms with Crippen molar-refractivity contribution in [2.45, 2.75) is 13.3 Å². The number of nitrogens with zero attached hydrogens (tertiary/aromatic N) is 4. The van der Waals surface area contributed by atoms with Crippen LogP contribution in [0.25, 0.3) is 21.8 Å². The van der Waals surface area contributed by atoms with Crippen LogP contribution in [0.3, 0.4) is 0 Å². The standard InChI is InChI=1S/C26H30FN5O3/c1-17-13-18-20(30-17)5-6-22(25(18)27)35-26-19-14-23(33-3)24(15-21(19)28-16-29-26)34-12-4-7-32-10-8-31(2)9-11-32/h5-6,13-16,30H,4,7-12H2,1-3H3. The zero-order chi connectivity index (χ0) is 24.4. The van der Waals surface area contributed by atoms with E-state index in [2.05, 4.69) is 31.8 Å². The predicted molar refractivity (Wildman–Crippen MR) is 133 cm³/mol. The van der Waals surface area contributed by atoms with Gasteiger partial charge in [-0.2, -0.15) is 0 Å². The number of hydrogen-bond acceptors (Lipinski definition) is 7. The van der Waals surface area contributed by atoms with Crippen molar-refractivity contribution in [3.05, 3.63) is 48.2 Å². The third kappa shape index (κ3) is 5.01. The van der Waals surface area contributed by atoms with Crippen molar-refractivity contribution in [2.75, 3.05) is 53.5 Å². The Labute approximate surface area is 203 Å². The number of benzene rings is 2. The van der Waals surface area contributed by atoms with Crippen molar-refractivity contribution in [3.8, 4) is 23.1 Å². The van der Waals surface area contributed by atoms with Crippen LogP contribution in [0.1, 0.15) is 12.1 Å². The molecule has 1 aliphatic heterocycles. The lowest BCUT2D eigenvalue weighted by molar-refractivity contribution is 0.145. The normalized spacial score (nSPS) is 15.1. The van der Waals surface area contributed by atoms with Gasteiger partial charge in [0.15, 0.2) is 23.1 Å². The van der Waals surface area contributed by atoms with Crippen molar-refractivity contribution in [2.24, 2.45) is 0 Å². The SMILES string of the molecule is COc1cc2c(Oc3ccc4[nH]c(C)cc4c3F)ncnc2cc1OCCCN1CCN(C)CC1. The molecule has 9 heteroatoms. The summed E-state index contributed by atoms with van der Waals surface area (Å²) in [6.45, 7) is 7.85. The lowest BCUT2D eigenvalue weighted by Crippen LogP contribution is -2.44. The van der Waals surface area contributed by atoms with Gasteiger partial charge in [0.25, 0.3) is 0 Å². The minimum absolute atomic E-state index is 0.0969. The van der Waals surface area contributed by atoms with Gasteiger partial charge in [0.2, 0.25) is 5.88 Å². The van der Waals surface area contributed by atoms with Gasteiger partial charge in [0, 0.05) is 55.4 Å². The molecule has 0 amide bonds. The maximum absolute atomic E-state index is 15.1. The van der Waals surface area contributed by atoms with Gasteiger partial charge in [-0.25, -0.2) is 14.4 Å². The zero-order valence-electron chi connectivity index (χ0n) is 20.3. The molecule has 0 radical (unpaired) electrons. The Bertz CT molecular complexity index is 1330. The van der Waals surface area contributed by atoms with E-state index in [1.807, 2.05) is 13.0 Å². The number of rotatable bonds is 8. The number of hydrogen-bond donors (Lipinski definition) is 1. The summed E-state index contributed by atoms with van der Waals surface area (Å²) in [7, 11) is 3.74. The van der Waals surface area contributed by atoms with Crippen LogP contribution in [0.15, 0.2) is 36.7 Å². The summed E-state index contributed by atoms with van der Waals surface area (Å²) in [6.07, 6.45) is 2.32. The number of likely N-dealkylation sites (N-methyl/N-ethyl adjacent to an activating group) is 1. The molecule has 35 heavy (non-hydrogen) atoms. The molecule has 0 unspecified atom stereocenters. The quantitative estimate of drug-likeness (QED) is 0.376. The summed E-state index contributed by atoms with van der Waals surface area (Å²) in [5.74, 6) is 1.07. The number of piperazine rings is 1. The van der Waals surface area contributed by atoms with E-state index >= 15 is 4.39 Å². The molecule has 1 aliphatic rings. The molecule has 0 bridgehead atoms. The van der Waals surface area contributed by atoms with Gasteiger partial charge < -0.3 is 29.0 Å². The largest absolute Gasteiger partial charge is 0.493 e. The van der Waals surface area contributed by atoms with E-state index in [4.69, 9.17) is 14.2 Å². The number of ether oxygens (including phenoxy) is 3. The lowest BCUT2D eigenvalue weighted by atomic mass is 10.2. The van der Waals surface area contributed by atoms with E-state index in [1.165, 1.54) is 6.33 Å². The molecule has 8 nitrogen and oxygen atoms in total. The highest BCUT2D eigenvalue weighted by Gasteiger charge is 2.17. The van der Waals surface area contributed by atoms with E-state index in [0.717, 1.165) is 50.4 Å². The van der Waals surface area contributed by atoms with E-state index in [1.54, 1.807) is 31.4 Å². The Morgan fingerprint density at radius 2 is 1.83 bits per heavy atom. The first kappa shape index (κ1) is 23.3.